The molecule has 0 radical (unpaired) electrons. The predicted molar refractivity (Wildman–Crippen MR) is 315 cm³/mol. The van der Waals surface area contributed by atoms with Crippen LogP contribution in [0.4, 0.5) is 0 Å². The van der Waals surface area contributed by atoms with Gasteiger partial charge in [0.05, 0.1) is 12.2 Å². The fourth-order valence-electron chi connectivity index (χ4n) is 8.62. The van der Waals surface area contributed by atoms with Crippen LogP contribution in [0.3, 0.4) is 0 Å². The molecular weight excluding hydrogens is 1150 g/mol. The smallest absolute Gasteiger partial charge is 0.391 e. The van der Waals surface area contributed by atoms with Crippen LogP contribution in [0.2, 0.25) is 0 Å². The Labute approximate surface area is 503 Å². The van der Waals surface area contributed by atoms with Crippen LogP contribution < -0.4 is 87.2 Å². The maximum atomic E-state index is 14.4. The number of nitrogens with two attached hydrogens (primary N) is 5. The summed E-state index contributed by atoms with van der Waals surface area (Å²) < 4.78 is 31.6. The number of unbranched alkanes of at least 4 members (excludes halogenated alkanes) is 1. The molecule has 0 aliphatic carbocycles. The van der Waals surface area contributed by atoms with Gasteiger partial charge in [-0.2, -0.15) is 8.42 Å². The Morgan fingerprint density at radius 2 is 0.919 bits per heavy atom. The molecule has 2 unspecified atom stereocenters. The molecule has 25 N–H and O–H groups in total. The van der Waals surface area contributed by atoms with Gasteiger partial charge < -0.3 is 97.4 Å². The van der Waals surface area contributed by atoms with Crippen LogP contribution in [0, 0.1) is 17.8 Å². The average molecular weight is 1250 g/mol. The highest BCUT2D eigenvalue weighted by Crippen LogP contribution is 2.13. The number of rotatable bonds is 28. The largest absolute Gasteiger partial charge is 0.394 e. The molecule has 0 aromatic rings. The lowest BCUT2D eigenvalue weighted by Gasteiger charge is -2.29. The number of amides is 11. The van der Waals surface area contributed by atoms with Crippen molar-refractivity contribution in [2.24, 2.45) is 46.4 Å². The predicted octanol–water partition coefficient (Wildman–Crippen LogP) is -6.48. The quantitative estimate of drug-likeness (QED) is 0.0256. The molecule has 0 aromatic carbocycles. The first-order chi connectivity index (χ1) is 40.1. The number of carbonyl (C=O) groups is 11. The first kappa shape index (κ1) is 79.8. The maximum absolute atomic E-state index is 14.4. The minimum absolute atomic E-state index is 0.0139. The van der Waals surface area contributed by atoms with Gasteiger partial charge in [-0.05, 0) is 122 Å². The molecule has 33 nitrogen and oxygen atoms in total. The van der Waals surface area contributed by atoms with E-state index in [1.807, 2.05) is 0 Å². The Morgan fingerprint density at radius 3 is 1.31 bits per heavy atom. The van der Waals surface area contributed by atoms with E-state index in [1.54, 1.807) is 27.7 Å². The van der Waals surface area contributed by atoms with Crippen LogP contribution in [0.1, 0.15) is 132 Å². The third-order valence-corrected chi connectivity index (χ3v) is 13.1. The van der Waals surface area contributed by atoms with Crippen molar-refractivity contribution in [3.63, 3.8) is 0 Å². The molecule has 0 spiro atoms. The van der Waals surface area contributed by atoms with Crippen molar-refractivity contribution in [1.82, 2.24) is 58.5 Å². The molecule has 1 saturated heterocycles. The minimum atomic E-state index is -4.67. The number of aliphatic hydroxyl groups is 2. The van der Waals surface area contributed by atoms with E-state index < -0.39 is 161 Å². The summed E-state index contributed by atoms with van der Waals surface area (Å²) in [6.07, 6.45) is -1.81. The van der Waals surface area contributed by atoms with Crippen molar-refractivity contribution in [3.8, 4) is 0 Å². The van der Waals surface area contributed by atoms with Crippen LogP contribution >= 0.6 is 0 Å². The topological polar surface area (TPSA) is 565 Å². The standard InChI is InChI=1S/C52H98N16O13.H2O4S/c1-27(2)11-9-10-12-40(71)59-32(13-19-53)47(76)68-42(31(8)70)52(81)64-35(16-22-56)44(73)63-37-18-24-58-51(80)41(30(7)69)67-48(77)36(17-23-57)61-43(72)33(14-20-54)62-49(78)38(25-28(3)4)66-50(79)39(26-29(5)6)65-45(74)34(15-21-55)60-46(37)75;1-5(2,3)4/h27-39,41-42,69-70H,9-26,53-57H2,1-8H3,(H,58,80)(H,59,71)(H,60,75)(H,61,72)(H,62,78)(H,63,73)(H,64,81)(H,65,74)(H,66,79)(H,67,77)(H,68,76);(H2,1,2,3,4)/t30-,31-,32+,33+,34?,35+,36+,37?,38+,39-,41+,42+;/m1./s1. The lowest BCUT2D eigenvalue weighted by atomic mass is 9.99. The zero-order valence-electron chi connectivity index (χ0n) is 50.8. The van der Waals surface area contributed by atoms with E-state index in [4.69, 9.17) is 46.2 Å². The fraction of sp³-hybridized carbons (Fsp3) is 0.788. The van der Waals surface area contributed by atoms with Crippen LogP contribution in [0.25, 0.3) is 0 Å². The second-order valence-electron chi connectivity index (χ2n) is 22.3. The molecule has 12 atom stereocenters. The molecule has 1 rings (SSSR count). The van der Waals surface area contributed by atoms with Crippen molar-refractivity contribution in [3.05, 3.63) is 0 Å². The Hall–Kier alpha value is -6.24. The molecule has 11 amide bonds. The molecular formula is C52H100N16O17S. The number of hydrogen-bond donors (Lipinski definition) is 20. The second kappa shape index (κ2) is 41.8. The van der Waals surface area contributed by atoms with Crippen molar-refractivity contribution in [2.45, 2.75) is 205 Å². The molecule has 34 heteroatoms. The molecule has 496 valence electrons. The summed E-state index contributed by atoms with van der Waals surface area (Å²) in [5.41, 5.74) is 29.2. The summed E-state index contributed by atoms with van der Waals surface area (Å²) in [6, 6.07) is -14.5. The average Bonchev–Trinajstić information content (AvgIpc) is 2.27. The minimum Gasteiger partial charge on any atom is -0.391 e. The summed E-state index contributed by atoms with van der Waals surface area (Å²) in [6.45, 7) is 12.6. The van der Waals surface area contributed by atoms with Gasteiger partial charge in [-0.1, -0.05) is 54.4 Å². The highest BCUT2D eigenvalue weighted by atomic mass is 32.3. The molecule has 1 aliphatic rings. The zero-order valence-corrected chi connectivity index (χ0v) is 51.6. The zero-order chi connectivity index (χ0) is 66.0. The van der Waals surface area contributed by atoms with Gasteiger partial charge in [0.1, 0.15) is 60.4 Å². The monoisotopic (exact) mass is 1250 g/mol. The van der Waals surface area contributed by atoms with Gasteiger partial charge in [-0.25, -0.2) is 0 Å². The Morgan fingerprint density at radius 1 is 0.512 bits per heavy atom. The highest BCUT2D eigenvalue weighted by Gasteiger charge is 2.37. The fourth-order valence-corrected chi connectivity index (χ4v) is 8.62. The van der Waals surface area contributed by atoms with E-state index in [0.717, 1.165) is 12.8 Å². The molecule has 86 heavy (non-hydrogen) atoms. The summed E-state index contributed by atoms with van der Waals surface area (Å²) in [4.78, 5) is 152. The van der Waals surface area contributed by atoms with Crippen molar-refractivity contribution < 1.29 is 80.5 Å². The first-order valence-electron chi connectivity index (χ1n) is 29.0. The molecule has 1 aliphatic heterocycles. The highest BCUT2D eigenvalue weighted by molar-refractivity contribution is 7.79. The van der Waals surface area contributed by atoms with Gasteiger partial charge in [-0.3, -0.25) is 61.8 Å². The van der Waals surface area contributed by atoms with E-state index in [-0.39, 0.29) is 95.9 Å². The maximum Gasteiger partial charge on any atom is 0.394 e. The molecule has 0 saturated carbocycles. The van der Waals surface area contributed by atoms with E-state index in [9.17, 15) is 63.0 Å². The van der Waals surface area contributed by atoms with Gasteiger partial charge in [0.2, 0.25) is 65.0 Å². The van der Waals surface area contributed by atoms with Crippen LogP contribution in [0.15, 0.2) is 0 Å². The number of hydrogen-bond acceptors (Lipinski definition) is 20. The van der Waals surface area contributed by atoms with Gasteiger partial charge in [0.25, 0.3) is 0 Å². The van der Waals surface area contributed by atoms with Gasteiger partial charge in [0.15, 0.2) is 0 Å². The number of nitrogens with one attached hydrogen (secondary N) is 11. The second-order valence-corrected chi connectivity index (χ2v) is 23.2. The molecule has 1 fully saturated rings. The van der Waals surface area contributed by atoms with E-state index >= 15 is 0 Å². The van der Waals surface area contributed by atoms with Gasteiger partial charge in [-0.15, -0.1) is 0 Å². The molecule has 1 heterocycles. The van der Waals surface area contributed by atoms with E-state index in [1.165, 1.54) is 13.8 Å². The lowest BCUT2D eigenvalue weighted by Crippen LogP contribution is -2.62. The van der Waals surface area contributed by atoms with E-state index in [0.29, 0.717) is 12.3 Å². The number of carbonyl (C=O) groups excluding carboxylic acids is 11. The van der Waals surface area contributed by atoms with Crippen molar-refractivity contribution in [1.29, 1.82) is 0 Å². The van der Waals surface area contributed by atoms with E-state index in [2.05, 4.69) is 72.3 Å². The van der Waals surface area contributed by atoms with Crippen LogP contribution in [-0.2, 0) is 63.1 Å². The van der Waals surface area contributed by atoms with Crippen LogP contribution in [-0.4, -0.2) is 205 Å². The van der Waals surface area contributed by atoms with Crippen LogP contribution in [0.5, 0.6) is 0 Å². The summed E-state index contributed by atoms with van der Waals surface area (Å²) in [7, 11) is -4.67. The SMILES string of the molecule is CC(C)CCCCC(=O)N[C@@H](CCN)C(=O)N[C@H](C(=O)N[C@@H](CCN)C(=O)NC1CCNC(=O)[C@H]([C@@H](C)O)NC(=O)[C@H](CCN)NC(=O)[C@H](CCN)NC(=O)[C@H](CC(C)C)NC(=O)[C@@H](CC(C)C)NC(=O)C(CCN)NC1=O)[C@@H](C)O.O=S(=O)(O)O. The van der Waals surface area contributed by atoms with Crippen molar-refractivity contribution >= 4 is 75.4 Å². The third kappa shape index (κ3) is 33.0. The van der Waals surface area contributed by atoms with Crippen molar-refractivity contribution in [2.75, 3.05) is 39.3 Å². The first-order valence-corrected chi connectivity index (χ1v) is 30.4. The summed E-state index contributed by atoms with van der Waals surface area (Å²) >= 11 is 0. The summed E-state index contributed by atoms with van der Waals surface area (Å²) in [5, 5.41) is 49.5. The van der Waals surface area contributed by atoms with Gasteiger partial charge in [0, 0.05) is 13.0 Å². The third-order valence-electron chi connectivity index (χ3n) is 13.1. The van der Waals surface area contributed by atoms with Gasteiger partial charge >= 0.3 is 10.4 Å². The summed E-state index contributed by atoms with van der Waals surface area (Å²) in [5.74, 6) is -9.55. The Kier molecular flexibility index (Phi) is 38.8. The number of aliphatic hydroxyl groups excluding tert-OH is 2. The normalized spacial score (nSPS) is 22.6. The Balaban J connectivity index is 0.0000138. The molecule has 0 aromatic heterocycles. The molecule has 0 bridgehead atoms. The lowest BCUT2D eigenvalue weighted by molar-refractivity contribution is -0.137. The Bertz CT molecular complexity index is 2290.